The third kappa shape index (κ3) is 2.36. The van der Waals surface area contributed by atoms with E-state index in [2.05, 4.69) is 0 Å². The number of hydrogen-bond donors (Lipinski definition) is 0. The maximum absolute atomic E-state index is 11.2. The first-order valence-electron chi connectivity index (χ1n) is 5.19. The van der Waals surface area contributed by atoms with Crippen LogP contribution in [-0.4, -0.2) is 30.5 Å². The fourth-order valence-electron chi connectivity index (χ4n) is 1.80. The smallest absolute Gasteiger partial charge is 0.219 e. The quantitative estimate of drug-likeness (QED) is 0.697. The number of nitrogens with zero attached hydrogens (tertiary/aromatic N) is 1. The predicted molar refractivity (Wildman–Crippen MR) is 57.4 cm³/mol. The van der Waals surface area contributed by atoms with Crippen LogP contribution < -0.4 is 0 Å². The van der Waals surface area contributed by atoms with E-state index >= 15 is 0 Å². The van der Waals surface area contributed by atoms with Crippen LogP contribution in [0.25, 0.3) is 0 Å². The average molecular weight is 205 g/mol. The lowest BCUT2D eigenvalue weighted by molar-refractivity contribution is -0.136. The number of morpholine rings is 1. The molecule has 0 spiro atoms. The number of amides is 1. The van der Waals surface area contributed by atoms with E-state index in [1.165, 1.54) is 0 Å². The van der Waals surface area contributed by atoms with Gasteiger partial charge in [-0.25, -0.2) is 0 Å². The summed E-state index contributed by atoms with van der Waals surface area (Å²) in [6, 6.07) is 10.0. The molecule has 0 radical (unpaired) electrons. The summed E-state index contributed by atoms with van der Waals surface area (Å²) in [7, 11) is 0. The summed E-state index contributed by atoms with van der Waals surface area (Å²) < 4.78 is 5.65. The van der Waals surface area contributed by atoms with Crippen molar-refractivity contribution in [3.8, 4) is 0 Å². The average Bonchev–Trinajstić information content (AvgIpc) is 2.30. The molecule has 1 aromatic rings. The van der Waals surface area contributed by atoms with E-state index in [4.69, 9.17) is 4.74 Å². The van der Waals surface area contributed by atoms with E-state index in [9.17, 15) is 4.79 Å². The molecule has 0 aliphatic carbocycles. The minimum Gasteiger partial charge on any atom is -0.370 e. The zero-order valence-electron chi connectivity index (χ0n) is 8.85. The monoisotopic (exact) mass is 205 g/mol. The number of hydrogen-bond acceptors (Lipinski definition) is 2. The molecule has 1 unspecified atom stereocenters. The fourth-order valence-corrected chi connectivity index (χ4v) is 1.80. The van der Waals surface area contributed by atoms with Crippen LogP contribution in [0.15, 0.2) is 30.3 Å². The van der Waals surface area contributed by atoms with E-state index in [1.807, 2.05) is 35.2 Å². The van der Waals surface area contributed by atoms with Crippen LogP contribution >= 0.6 is 0 Å². The molecule has 1 aliphatic rings. The zero-order chi connectivity index (χ0) is 10.7. The summed E-state index contributed by atoms with van der Waals surface area (Å²) in [5.41, 5.74) is 1.14. The molecular weight excluding hydrogens is 190 g/mol. The number of rotatable bonds is 1. The van der Waals surface area contributed by atoms with Gasteiger partial charge in [-0.15, -0.1) is 0 Å². The largest absolute Gasteiger partial charge is 0.370 e. The Kier molecular flexibility index (Phi) is 3.02. The van der Waals surface area contributed by atoms with Gasteiger partial charge in [0.15, 0.2) is 0 Å². The molecule has 80 valence electrons. The Balaban J connectivity index is 2.08. The molecule has 1 aliphatic heterocycles. The van der Waals surface area contributed by atoms with Crippen molar-refractivity contribution in [1.29, 1.82) is 0 Å². The van der Waals surface area contributed by atoms with Gasteiger partial charge in [-0.1, -0.05) is 30.3 Å². The van der Waals surface area contributed by atoms with Crippen LogP contribution in [0.3, 0.4) is 0 Å². The van der Waals surface area contributed by atoms with Crippen LogP contribution in [-0.2, 0) is 9.53 Å². The Morgan fingerprint density at radius 3 is 2.80 bits per heavy atom. The molecule has 1 amide bonds. The van der Waals surface area contributed by atoms with E-state index in [0.717, 1.165) is 5.56 Å². The second kappa shape index (κ2) is 4.45. The third-order valence-electron chi connectivity index (χ3n) is 2.68. The summed E-state index contributed by atoms with van der Waals surface area (Å²) in [6.07, 6.45) is 0.0313. The van der Waals surface area contributed by atoms with E-state index in [0.29, 0.717) is 19.7 Å². The highest BCUT2D eigenvalue weighted by Gasteiger charge is 2.22. The van der Waals surface area contributed by atoms with Gasteiger partial charge in [0, 0.05) is 13.5 Å². The number of carbonyl (C=O) groups excluding carboxylic acids is 1. The Labute approximate surface area is 89.7 Å². The molecule has 2 rings (SSSR count). The van der Waals surface area contributed by atoms with Crippen LogP contribution in [0.4, 0.5) is 0 Å². The Hall–Kier alpha value is -1.35. The first-order chi connectivity index (χ1) is 7.27. The van der Waals surface area contributed by atoms with Gasteiger partial charge >= 0.3 is 0 Å². The normalized spacial score (nSPS) is 21.4. The first kappa shape index (κ1) is 10.2. The summed E-state index contributed by atoms with van der Waals surface area (Å²) in [5, 5.41) is 0. The van der Waals surface area contributed by atoms with Crippen molar-refractivity contribution in [1.82, 2.24) is 4.90 Å². The van der Waals surface area contributed by atoms with E-state index < -0.39 is 0 Å². The number of ether oxygens (including phenoxy) is 1. The van der Waals surface area contributed by atoms with Crippen LogP contribution in [0.2, 0.25) is 0 Å². The van der Waals surface area contributed by atoms with Crippen LogP contribution in [0, 0.1) is 0 Å². The Morgan fingerprint density at radius 1 is 1.40 bits per heavy atom. The third-order valence-corrected chi connectivity index (χ3v) is 2.68. The molecule has 1 atom stereocenters. The topological polar surface area (TPSA) is 29.5 Å². The highest BCUT2D eigenvalue weighted by molar-refractivity contribution is 5.73. The molecule has 0 saturated carbocycles. The van der Waals surface area contributed by atoms with Crippen LogP contribution in [0.1, 0.15) is 18.6 Å². The lowest BCUT2D eigenvalue weighted by atomic mass is 10.1. The van der Waals surface area contributed by atoms with Gasteiger partial charge in [-0.2, -0.15) is 0 Å². The van der Waals surface area contributed by atoms with Gasteiger partial charge in [0.1, 0.15) is 6.10 Å². The van der Waals surface area contributed by atoms with Crippen molar-refractivity contribution in [2.24, 2.45) is 0 Å². The van der Waals surface area contributed by atoms with Crippen molar-refractivity contribution < 1.29 is 9.53 Å². The molecule has 1 fully saturated rings. The molecule has 0 N–H and O–H groups in total. The molecule has 0 aromatic heterocycles. The summed E-state index contributed by atoms with van der Waals surface area (Å²) in [4.78, 5) is 13.1. The van der Waals surface area contributed by atoms with E-state index in [1.54, 1.807) is 6.92 Å². The van der Waals surface area contributed by atoms with Crippen LogP contribution in [0.5, 0.6) is 0 Å². The number of carbonyl (C=O) groups is 1. The molecule has 1 saturated heterocycles. The van der Waals surface area contributed by atoms with Gasteiger partial charge in [-0.3, -0.25) is 4.79 Å². The minimum absolute atomic E-state index is 0.0313. The van der Waals surface area contributed by atoms with Crippen molar-refractivity contribution in [2.75, 3.05) is 19.7 Å². The molecular formula is C12H15NO2. The summed E-state index contributed by atoms with van der Waals surface area (Å²) >= 11 is 0. The van der Waals surface area contributed by atoms with Gasteiger partial charge in [0.2, 0.25) is 5.91 Å². The predicted octanol–water partition coefficient (Wildman–Crippen LogP) is 1.61. The van der Waals surface area contributed by atoms with Gasteiger partial charge in [0.05, 0.1) is 13.2 Å². The second-order valence-corrected chi connectivity index (χ2v) is 3.74. The molecule has 3 heteroatoms. The second-order valence-electron chi connectivity index (χ2n) is 3.74. The molecule has 0 bridgehead atoms. The number of benzene rings is 1. The molecule has 1 heterocycles. The lowest BCUT2D eigenvalue weighted by Crippen LogP contribution is -2.41. The first-order valence-corrected chi connectivity index (χ1v) is 5.19. The Bertz CT molecular complexity index is 337. The van der Waals surface area contributed by atoms with Gasteiger partial charge in [-0.05, 0) is 5.56 Å². The van der Waals surface area contributed by atoms with Gasteiger partial charge < -0.3 is 9.64 Å². The van der Waals surface area contributed by atoms with Gasteiger partial charge in [0.25, 0.3) is 0 Å². The maximum Gasteiger partial charge on any atom is 0.219 e. The minimum atomic E-state index is 0.0313. The fraction of sp³-hybridized carbons (Fsp3) is 0.417. The molecule has 1 aromatic carbocycles. The van der Waals surface area contributed by atoms with Crippen molar-refractivity contribution in [3.05, 3.63) is 35.9 Å². The maximum atomic E-state index is 11.2. The Morgan fingerprint density at radius 2 is 2.13 bits per heavy atom. The molecule has 15 heavy (non-hydrogen) atoms. The highest BCUT2D eigenvalue weighted by atomic mass is 16.5. The zero-order valence-corrected chi connectivity index (χ0v) is 8.85. The van der Waals surface area contributed by atoms with E-state index in [-0.39, 0.29) is 12.0 Å². The van der Waals surface area contributed by atoms with Crippen molar-refractivity contribution >= 4 is 5.91 Å². The lowest BCUT2D eigenvalue weighted by Gasteiger charge is -2.32. The molecule has 3 nitrogen and oxygen atoms in total. The highest BCUT2D eigenvalue weighted by Crippen LogP contribution is 2.21. The standard InChI is InChI=1S/C12H15NO2/c1-10(14)13-7-8-15-12(9-13)11-5-3-2-4-6-11/h2-6,12H,7-9H2,1H3. The summed E-state index contributed by atoms with van der Waals surface area (Å²) in [6.45, 7) is 3.60. The van der Waals surface area contributed by atoms with Crippen molar-refractivity contribution in [3.63, 3.8) is 0 Å². The van der Waals surface area contributed by atoms with Crippen molar-refractivity contribution in [2.45, 2.75) is 13.0 Å². The summed E-state index contributed by atoms with van der Waals surface area (Å²) in [5.74, 6) is 0.124. The SMILES string of the molecule is CC(=O)N1CCOC(c2ccccc2)C1.